The third-order valence-electron chi connectivity index (χ3n) is 4.03. The van der Waals surface area contributed by atoms with Crippen LogP contribution in [0.1, 0.15) is 5.56 Å². The SMILES string of the molecule is N#Cc1cc([N+](=O)[O-])ccc1NCCN1C(=O)C2C=CC(Cl)=CC2=NC1=S. The van der Waals surface area contributed by atoms with Crippen LogP contribution in [0.2, 0.25) is 0 Å². The number of carbonyl (C=O) groups excluding carboxylic acids is 1. The Morgan fingerprint density at radius 3 is 2.96 bits per heavy atom. The lowest BCUT2D eigenvalue weighted by Crippen LogP contribution is -2.47. The summed E-state index contributed by atoms with van der Waals surface area (Å²) in [7, 11) is 0. The number of hydrogen-bond acceptors (Lipinski definition) is 6. The van der Waals surface area contributed by atoms with Crippen molar-refractivity contribution in [3.63, 3.8) is 0 Å². The molecule has 1 unspecified atom stereocenters. The third-order valence-corrected chi connectivity index (χ3v) is 4.57. The molecule has 0 aromatic heterocycles. The van der Waals surface area contributed by atoms with Crippen molar-refractivity contribution in [3.05, 3.63) is 57.1 Å². The van der Waals surface area contributed by atoms with E-state index in [1.807, 2.05) is 6.07 Å². The van der Waals surface area contributed by atoms with Crippen LogP contribution in [0.15, 0.2) is 46.5 Å². The number of nitriles is 1. The second-order valence-electron chi connectivity index (χ2n) is 5.70. The van der Waals surface area contributed by atoms with Gasteiger partial charge in [0.1, 0.15) is 6.07 Å². The smallest absolute Gasteiger partial charge is 0.270 e. The zero-order valence-electron chi connectivity index (χ0n) is 13.8. The number of amides is 1. The van der Waals surface area contributed by atoms with Gasteiger partial charge in [-0.15, -0.1) is 0 Å². The maximum absolute atomic E-state index is 12.6. The number of halogens is 1. The summed E-state index contributed by atoms with van der Waals surface area (Å²) in [5, 5.41) is 23.6. The number of non-ortho nitro benzene ring substituents is 1. The number of nitro groups is 1. The normalized spacial score (nSPS) is 18.4. The Labute approximate surface area is 164 Å². The molecule has 1 aromatic rings. The maximum Gasteiger partial charge on any atom is 0.270 e. The third kappa shape index (κ3) is 3.86. The predicted octanol–water partition coefficient (Wildman–Crippen LogP) is 2.76. The molecular weight excluding hydrogens is 390 g/mol. The molecule has 1 aliphatic carbocycles. The zero-order valence-corrected chi connectivity index (χ0v) is 15.3. The topological polar surface area (TPSA) is 112 Å². The standard InChI is InChI=1S/C17H12ClN5O3S/c18-11-1-3-13-15(8-11)21-17(27)22(16(13)24)6-5-20-14-4-2-12(23(25)26)7-10(14)9-19/h1-4,7-8,13,20H,5-6H2. The minimum Gasteiger partial charge on any atom is -0.382 e. The van der Waals surface area contributed by atoms with E-state index in [1.54, 1.807) is 18.2 Å². The number of hydrogen-bond donors (Lipinski definition) is 1. The van der Waals surface area contributed by atoms with Crippen molar-refractivity contribution >= 4 is 51.9 Å². The predicted molar refractivity (Wildman–Crippen MR) is 105 cm³/mol. The van der Waals surface area contributed by atoms with Crippen LogP contribution in [0.3, 0.4) is 0 Å². The minimum absolute atomic E-state index is 0.145. The summed E-state index contributed by atoms with van der Waals surface area (Å²) in [6.07, 6.45) is 4.93. The van der Waals surface area contributed by atoms with Crippen molar-refractivity contribution in [2.75, 3.05) is 18.4 Å². The van der Waals surface area contributed by atoms with Crippen LogP contribution < -0.4 is 5.32 Å². The Hall–Kier alpha value is -3.09. The van der Waals surface area contributed by atoms with E-state index in [1.165, 1.54) is 23.1 Å². The van der Waals surface area contributed by atoms with Gasteiger partial charge in [-0.25, -0.2) is 4.99 Å². The molecule has 0 spiro atoms. The van der Waals surface area contributed by atoms with Crippen molar-refractivity contribution in [1.29, 1.82) is 5.26 Å². The second kappa shape index (κ2) is 7.65. The van der Waals surface area contributed by atoms with Gasteiger partial charge in [0.2, 0.25) is 11.0 Å². The van der Waals surface area contributed by atoms with E-state index in [9.17, 15) is 14.9 Å². The fraction of sp³-hybridized carbons (Fsp3) is 0.176. The monoisotopic (exact) mass is 401 g/mol. The number of nitrogens with zero attached hydrogens (tertiary/aromatic N) is 4. The van der Waals surface area contributed by atoms with E-state index in [2.05, 4.69) is 10.3 Å². The van der Waals surface area contributed by atoms with Gasteiger partial charge < -0.3 is 5.32 Å². The molecule has 1 heterocycles. The van der Waals surface area contributed by atoms with Gasteiger partial charge in [-0.2, -0.15) is 5.26 Å². The summed E-state index contributed by atoms with van der Waals surface area (Å²) in [6, 6.07) is 5.87. The fourth-order valence-electron chi connectivity index (χ4n) is 2.71. The first-order valence-electron chi connectivity index (χ1n) is 7.82. The van der Waals surface area contributed by atoms with Gasteiger partial charge in [0.05, 0.1) is 27.8 Å². The molecule has 3 rings (SSSR count). The Morgan fingerprint density at radius 1 is 1.48 bits per heavy atom. The number of nitrogens with one attached hydrogen (secondary N) is 1. The van der Waals surface area contributed by atoms with E-state index in [-0.39, 0.29) is 35.4 Å². The summed E-state index contributed by atoms with van der Waals surface area (Å²) in [5.41, 5.74) is 0.938. The molecule has 1 aliphatic heterocycles. The molecule has 8 nitrogen and oxygen atoms in total. The van der Waals surface area contributed by atoms with Crippen molar-refractivity contribution < 1.29 is 9.72 Å². The molecule has 27 heavy (non-hydrogen) atoms. The second-order valence-corrected chi connectivity index (χ2v) is 6.50. The highest BCUT2D eigenvalue weighted by Crippen LogP contribution is 2.24. The van der Waals surface area contributed by atoms with Crippen molar-refractivity contribution in [1.82, 2.24) is 4.90 Å². The number of carbonyl (C=O) groups is 1. The first kappa shape index (κ1) is 18.7. The number of anilines is 1. The van der Waals surface area contributed by atoms with Crippen LogP contribution >= 0.6 is 23.8 Å². The van der Waals surface area contributed by atoms with Crippen molar-refractivity contribution in [2.45, 2.75) is 0 Å². The molecule has 136 valence electrons. The molecule has 10 heteroatoms. The van der Waals surface area contributed by atoms with Crippen LogP contribution in [0.4, 0.5) is 11.4 Å². The average molecular weight is 402 g/mol. The van der Waals surface area contributed by atoms with Gasteiger partial charge >= 0.3 is 0 Å². The summed E-state index contributed by atoms with van der Waals surface area (Å²) in [4.78, 5) is 28.5. The van der Waals surface area contributed by atoms with Gasteiger partial charge in [-0.3, -0.25) is 19.8 Å². The average Bonchev–Trinajstić information content (AvgIpc) is 2.64. The largest absolute Gasteiger partial charge is 0.382 e. The summed E-state index contributed by atoms with van der Waals surface area (Å²) >= 11 is 11.1. The number of benzene rings is 1. The number of nitro benzene ring substituents is 1. The molecule has 1 atom stereocenters. The quantitative estimate of drug-likeness (QED) is 0.461. The molecule has 0 saturated heterocycles. The van der Waals surface area contributed by atoms with E-state index in [0.717, 1.165) is 0 Å². The lowest BCUT2D eigenvalue weighted by atomic mass is 9.95. The Morgan fingerprint density at radius 2 is 2.26 bits per heavy atom. The molecule has 0 bridgehead atoms. The molecule has 0 saturated carbocycles. The number of allylic oxidation sites excluding steroid dienone is 3. The molecule has 0 radical (unpaired) electrons. The van der Waals surface area contributed by atoms with Gasteiger partial charge in [-0.1, -0.05) is 17.7 Å². The van der Waals surface area contributed by atoms with Crippen molar-refractivity contribution in [3.8, 4) is 6.07 Å². The van der Waals surface area contributed by atoms with Crippen LogP contribution in [-0.4, -0.2) is 39.6 Å². The molecule has 1 amide bonds. The Bertz CT molecular complexity index is 979. The number of rotatable bonds is 5. The van der Waals surface area contributed by atoms with Crippen LogP contribution in [0.5, 0.6) is 0 Å². The fourth-order valence-corrected chi connectivity index (χ4v) is 3.18. The zero-order chi connectivity index (χ0) is 19.6. The van der Waals surface area contributed by atoms with Crippen LogP contribution in [0.25, 0.3) is 0 Å². The highest BCUT2D eigenvalue weighted by Gasteiger charge is 2.34. The highest BCUT2D eigenvalue weighted by atomic mass is 35.5. The molecule has 1 aromatic carbocycles. The maximum atomic E-state index is 12.6. The Kier molecular flexibility index (Phi) is 5.30. The van der Waals surface area contributed by atoms with Gasteiger partial charge in [0.15, 0.2) is 0 Å². The van der Waals surface area contributed by atoms with Crippen molar-refractivity contribution in [2.24, 2.45) is 10.9 Å². The first-order valence-corrected chi connectivity index (χ1v) is 8.61. The summed E-state index contributed by atoms with van der Waals surface area (Å²) < 4.78 is 0. The van der Waals surface area contributed by atoms with Gasteiger partial charge in [0.25, 0.3) is 5.69 Å². The van der Waals surface area contributed by atoms with E-state index < -0.39 is 10.8 Å². The summed E-state index contributed by atoms with van der Waals surface area (Å²) in [5.74, 6) is -0.721. The lowest BCUT2D eigenvalue weighted by Gasteiger charge is -2.30. The van der Waals surface area contributed by atoms with E-state index >= 15 is 0 Å². The minimum atomic E-state index is -0.566. The van der Waals surface area contributed by atoms with Gasteiger partial charge in [0, 0.05) is 30.3 Å². The molecule has 0 fully saturated rings. The lowest BCUT2D eigenvalue weighted by molar-refractivity contribution is -0.384. The molecule has 2 aliphatic rings. The highest BCUT2D eigenvalue weighted by molar-refractivity contribution is 7.80. The first-order chi connectivity index (χ1) is 12.9. The van der Waals surface area contributed by atoms with E-state index in [4.69, 9.17) is 29.1 Å². The van der Waals surface area contributed by atoms with Crippen LogP contribution in [0, 0.1) is 27.4 Å². The molecule has 1 N–H and O–H groups in total. The summed E-state index contributed by atoms with van der Waals surface area (Å²) in [6.45, 7) is 0.522. The number of fused-ring (bicyclic) bond motifs is 1. The van der Waals surface area contributed by atoms with Crippen LogP contribution in [-0.2, 0) is 4.79 Å². The number of thiocarbonyl (C=S) groups is 1. The van der Waals surface area contributed by atoms with Gasteiger partial charge in [-0.05, 0) is 30.4 Å². The number of aliphatic imine (C=N–C) groups is 1. The van der Waals surface area contributed by atoms with E-state index in [0.29, 0.717) is 16.4 Å². The Balaban J connectivity index is 1.69. The molecular formula is C17H12ClN5O3S.